The Balaban J connectivity index is 1.41. The summed E-state index contributed by atoms with van der Waals surface area (Å²) in [5.74, 6) is -1.73. The van der Waals surface area contributed by atoms with Gasteiger partial charge in [0.25, 0.3) is 5.91 Å². The van der Waals surface area contributed by atoms with Crippen LogP contribution in [0.5, 0.6) is 0 Å². The zero-order valence-corrected chi connectivity index (χ0v) is 21.0. The number of benzene rings is 2. The number of hydrogen-bond acceptors (Lipinski definition) is 5. The van der Waals surface area contributed by atoms with Crippen LogP contribution in [0.4, 0.5) is 11.4 Å². The van der Waals surface area contributed by atoms with Crippen molar-refractivity contribution in [3.8, 4) is 0 Å². The predicted octanol–water partition coefficient (Wildman–Crippen LogP) is 4.79. The van der Waals surface area contributed by atoms with Gasteiger partial charge in [-0.2, -0.15) is 0 Å². The van der Waals surface area contributed by atoms with Gasteiger partial charge in [0, 0.05) is 10.2 Å². The molecule has 8 heteroatoms. The van der Waals surface area contributed by atoms with E-state index in [2.05, 4.69) is 28.2 Å². The molecule has 2 fully saturated rings. The lowest BCUT2D eigenvalue weighted by atomic mass is 9.76. The number of carbonyl (C=O) groups is 4. The van der Waals surface area contributed by atoms with Gasteiger partial charge in [0.1, 0.15) is 0 Å². The Kier molecular flexibility index (Phi) is 6.89. The van der Waals surface area contributed by atoms with Gasteiger partial charge < -0.3 is 10.1 Å². The summed E-state index contributed by atoms with van der Waals surface area (Å²) in [6.45, 7) is 5.49. The summed E-state index contributed by atoms with van der Waals surface area (Å²) in [5, 5.41) is 2.72. The molecule has 3 amide bonds. The van der Waals surface area contributed by atoms with E-state index in [0.717, 1.165) is 22.0 Å². The second kappa shape index (κ2) is 9.70. The average Bonchev–Trinajstić information content (AvgIpc) is 3.05. The third kappa shape index (κ3) is 4.78. The highest BCUT2D eigenvalue weighted by Crippen LogP contribution is 2.42. The number of carbonyl (C=O) groups excluding carboxylic acids is 4. The second-order valence-corrected chi connectivity index (χ2v) is 10.0. The van der Waals surface area contributed by atoms with Crippen LogP contribution < -0.4 is 10.2 Å². The van der Waals surface area contributed by atoms with Crippen LogP contribution >= 0.6 is 15.9 Å². The van der Waals surface area contributed by atoms with E-state index in [4.69, 9.17) is 4.74 Å². The topological polar surface area (TPSA) is 92.8 Å². The van der Waals surface area contributed by atoms with E-state index in [0.29, 0.717) is 30.1 Å². The third-order valence-corrected chi connectivity index (χ3v) is 7.83. The molecular formula is C26H27BrN2O5. The molecule has 178 valence electrons. The first-order chi connectivity index (χ1) is 16.2. The zero-order valence-electron chi connectivity index (χ0n) is 19.4. The van der Waals surface area contributed by atoms with Crippen LogP contribution in [0.25, 0.3) is 0 Å². The van der Waals surface area contributed by atoms with Gasteiger partial charge in [-0.05, 0) is 80.5 Å². The highest BCUT2D eigenvalue weighted by Gasteiger charge is 2.50. The van der Waals surface area contributed by atoms with E-state index in [-0.39, 0.29) is 29.2 Å². The van der Waals surface area contributed by atoms with E-state index in [1.54, 1.807) is 12.1 Å². The number of fused-ring (bicyclic) bond motifs is 1. The van der Waals surface area contributed by atoms with E-state index in [1.165, 1.54) is 17.0 Å². The van der Waals surface area contributed by atoms with E-state index < -0.39 is 18.5 Å². The van der Waals surface area contributed by atoms with Crippen molar-refractivity contribution in [3.63, 3.8) is 0 Å². The fourth-order valence-corrected chi connectivity index (χ4v) is 5.07. The number of imide groups is 1. The first-order valence-electron chi connectivity index (χ1n) is 11.4. The van der Waals surface area contributed by atoms with Crippen LogP contribution in [0.2, 0.25) is 0 Å². The van der Waals surface area contributed by atoms with Crippen LogP contribution in [0.3, 0.4) is 0 Å². The van der Waals surface area contributed by atoms with Crippen molar-refractivity contribution in [2.75, 3.05) is 16.8 Å². The molecule has 0 bridgehead atoms. The lowest BCUT2D eigenvalue weighted by molar-refractivity contribution is -0.122. The fourth-order valence-electron chi connectivity index (χ4n) is 4.85. The number of nitrogens with one attached hydrogen (secondary N) is 1. The maximum atomic E-state index is 13.0. The summed E-state index contributed by atoms with van der Waals surface area (Å²) in [7, 11) is 0. The van der Waals surface area contributed by atoms with Crippen molar-refractivity contribution in [2.24, 2.45) is 17.8 Å². The van der Waals surface area contributed by atoms with Gasteiger partial charge in [0.2, 0.25) is 11.8 Å². The molecule has 2 aliphatic rings. The molecule has 2 aromatic carbocycles. The van der Waals surface area contributed by atoms with Gasteiger partial charge in [-0.25, -0.2) is 4.79 Å². The SMILES string of the molecule is Cc1cc(NC(=O)COC(=O)c2cccc(N3C(=O)[C@H]4C[C@H](C)CC[C@H]4C3=O)c2)cc(C)c1Br. The molecule has 1 saturated carbocycles. The maximum absolute atomic E-state index is 13.0. The maximum Gasteiger partial charge on any atom is 0.338 e. The third-order valence-electron chi connectivity index (χ3n) is 6.58. The average molecular weight is 527 g/mol. The Morgan fingerprint density at radius 3 is 2.44 bits per heavy atom. The monoisotopic (exact) mass is 526 g/mol. The van der Waals surface area contributed by atoms with Gasteiger partial charge in [-0.3, -0.25) is 19.3 Å². The van der Waals surface area contributed by atoms with Gasteiger partial charge in [-0.1, -0.05) is 28.9 Å². The van der Waals surface area contributed by atoms with E-state index in [1.807, 2.05) is 26.0 Å². The first-order valence-corrected chi connectivity index (χ1v) is 12.2. The number of hydrogen-bond donors (Lipinski definition) is 1. The van der Waals surface area contributed by atoms with Gasteiger partial charge >= 0.3 is 5.97 Å². The second-order valence-electron chi connectivity index (χ2n) is 9.24. The number of anilines is 2. The molecule has 0 aromatic heterocycles. The molecule has 4 rings (SSSR count). The highest BCUT2D eigenvalue weighted by atomic mass is 79.9. The predicted molar refractivity (Wildman–Crippen MR) is 131 cm³/mol. The smallest absolute Gasteiger partial charge is 0.338 e. The Labute approximate surface area is 207 Å². The number of halogens is 1. The van der Waals surface area contributed by atoms with E-state index >= 15 is 0 Å². The summed E-state index contributed by atoms with van der Waals surface area (Å²) in [4.78, 5) is 52.0. The minimum atomic E-state index is -0.703. The van der Waals surface area contributed by atoms with Crippen molar-refractivity contribution in [1.82, 2.24) is 0 Å². The molecule has 7 nitrogen and oxygen atoms in total. The molecular weight excluding hydrogens is 500 g/mol. The molecule has 1 aliphatic heterocycles. The van der Waals surface area contributed by atoms with Crippen molar-refractivity contribution in [1.29, 1.82) is 0 Å². The molecule has 2 aromatic rings. The standard InChI is InChI=1S/C26H27BrN2O5/c1-14-7-8-20-21(9-14)25(32)29(24(20)31)19-6-4-5-17(12-19)26(33)34-13-22(30)28-18-10-15(2)23(27)16(3)11-18/h4-6,10-12,14,20-21H,7-9,13H2,1-3H3,(H,28,30)/t14-,20-,21+/m1/s1. The van der Waals surface area contributed by atoms with Gasteiger partial charge in [-0.15, -0.1) is 0 Å². The number of nitrogens with zero attached hydrogens (tertiary/aromatic N) is 1. The Morgan fingerprint density at radius 1 is 1.06 bits per heavy atom. The molecule has 0 radical (unpaired) electrons. The van der Waals surface area contributed by atoms with E-state index in [9.17, 15) is 19.2 Å². The summed E-state index contributed by atoms with van der Waals surface area (Å²) >= 11 is 3.49. The fraction of sp³-hybridized carbons (Fsp3) is 0.385. The lowest BCUT2D eigenvalue weighted by Crippen LogP contribution is -2.31. The van der Waals surface area contributed by atoms with Crippen LogP contribution in [-0.4, -0.2) is 30.3 Å². The number of aryl methyl sites for hydroxylation is 2. The number of amides is 3. The van der Waals surface area contributed by atoms with Gasteiger partial charge in [0.15, 0.2) is 6.61 Å². The number of rotatable bonds is 5. The molecule has 1 saturated heterocycles. The normalized spacial score (nSPS) is 21.9. The van der Waals surface area contributed by atoms with Crippen molar-refractivity contribution < 1.29 is 23.9 Å². The summed E-state index contributed by atoms with van der Waals surface area (Å²) in [6, 6.07) is 9.89. The summed E-state index contributed by atoms with van der Waals surface area (Å²) < 4.78 is 6.15. The first kappa shape index (κ1) is 24.1. The Hall–Kier alpha value is -3.00. The molecule has 0 unspecified atom stereocenters. The minimum absolute atomic E-state index is 0.171. The molecule has 3 atom stereocenters. The van der Waals surface area contributed by atoms with Crippen molar-refractivity contribution >= 4 is 51.0 Å². The van der Waals surface area contributed by atoms with Gasteiger partial charge in [0.05, 0.1) is 23.1 Å². The van der Waals surface area contributed by atoms with Crippen molar-refractivity contribution in [3.05, 3.63) is 57.6 Å². The Morgan fingerprint density at radius 2 is 1.74 bits per heavy atom. The quantitative estimate of drug-likeness (QED) is 0.446. The zero-order chi connectivity index (χ0) is 24.6. The van der Waals surface area contributed by atoms with Crippen LogP contribution in [-0.2, 0) is 19.1 Å². The summed E-state index contributed by atoms with van der Waals surface area (Å²) in [5.41, 5.74) is 3.10. The molecule has 0 spiro atoms. The van der Waals surface area contributed by atoms with Crippen LogP contribution in [0.15, 0.2) is 40.9 Å². The lowest BCUT2D eigenvalue weighted by Gasteiger charge is -2.25. The molecule has 1 aliphatic carbocycles. The molecule has 1 heterocycles. The number of ether oxygens (including phenoxy) is 1. The molecule has 34 heavy (non-hydrogen) atoms. The van der Waals surface area contributed by atoms with Crippen LogP contribution in [0, 0.1) is 31.6 Å². The van der Waals surface area contributed by atoms with Crippen molar-refractivity contribution in [2.45, 2.75) is 40.0 Å². The molecule has 1 N–H and O–H groups in total. The Bertz CT molecular complexity index is 1150. The minimum Gasteiger partial charge on any atom is -0.452 e. The highest BCUT2D eigenvalue weighted by molar-refractivity contribution is 9.10. The number of esters is 1. The largest absolute Gasteiger partial charge is 0.452 e. The summed E-state index contributed by atoms with van der Waals surface area (Å²) in [6.07, 6.45) is 2.35. The van der Waals surface area contributed by atoms with Crippen LogP contribution in [0.1, 0.15) is 47.7 Å².